The summed E-state index contributed by atoms with van der Waals surface area (Å²) >= 11 is 1.79. The van der Waals surface area contributed by atoms with E-state index in [0.717, 1.165) is 37.3 Å². The van der Waals surface area contributed by atoms with E-state index >= 15 is 0 Å². The normalized spacial score (nSPS) is 26.2. The van der Waals surface area contributed by atoms with Gasteiger partial charge in [-0.05, 0) is 48.2 Å². The first-order valence-electron chi connectivity index (χ1n) is 8.60. The van der Waals surface area contributed by atoms with E-state index in [4.69, 9.17) is 5.26 Å². The third-order valence-corrected chi connectivity index (χ3v) is 6.64. The first-order valence-corrected chi connectivity index (χ1v) is 9.37. The summed E-state index contributed by atoms with van der Waals surface area (Å²) in [6, 6.07) is 20.3. The predicted molar refractivity (Wildman–Crippen MR) is 101 cm³/mol. The van der Waals surface area contributed by atoms with Gasteiger partial charge in [0.05, 0.1) is 29.0 Å². The maximum atomic E-state index is 10.7. The van der Waals surface area contributed by atoms with E-state index in [9.17, 15) is 5.11 Å². The molecule has 0 radical (unpaired) electrons. The van der Waals surface area contributed by atoms with Gasteiger partial charge in [0.15, 0.2) is 0 Å². The smallest absolute Gasteiger partial charge is 0.0991 e. The summed E-state index contributed by atoms with van der Waals surface area (Å²) in [7, 11) is 0. The second-order valence-corrected chi connectivity index (χ2v) is 8.28. The van der Waals surface area contributed by atoms with Gasteiger partial charge in [-0.15, -0.1) is 0 Å². The molecule has 0 saturated carbocycles. The maximum absolute atomic E-state index is 10.7. The van der Waals surface area contributed by atoms with Gasteiger partial charge in [-0.2, -0.15) is 5.26 Å². The first-order chi connectivity index (χ1) is 12.2. The molecule has 2 aromatic carbocycles. The molecule has 0 aliphatic carbocycles. The van der Waals surface area contributed by atoms with Gasteiger partial charge in [-0.1, -0.05) is 30.3 Å². The predicted octanol–water partition coefficient (Wildman–Crippen LogP) is 3.03. The monoisotopic (exact) mass is 351 g/mol. The standard InChI is InChI=1S/C20H21N3OS/c21-12-16-5-4-6-17(11-16)13-22-10-9-20(15-22)19(24)14-23(25-20)18-7-2-1-3-8-18/h1-8,11,19,24H,9-10,13-15H2/t19-,20+/m0/s1. The molecule has 1 N–H and O–H groups in total. The van der Waals surface area contributed by atoms with Gasteiger partial charge >= 0.3 is 0 Å². The Labute approximate surface area is 152 Å². The largest absolute Gasteiger partial charge is 0.390 e. The molecule has 1 spiro atoms. The van der Waals surface area contributed by atoms with Crippen LogP contribution < -0.4 is 4.31 Å². The Bertz CT molecular complexity index is 791. The van der Waals surface area contributed by atoms with Gasteiger partial charge < -0.3 is 9.41 Å². The average Bonchev–Trinajstić information content (AvgIpc) is 3.20. The molecule has 2 aliphatic rings. The highest BCUT2D eigenvalue weighted by atomic mass is 32.2. The fourth-order valence-corrected chi connectivity index (χ4v) is 5.26. The van der Waals surface area contributed by atoms with E-state index in [-0.39, 0.29) is 10.9 Å². The summed E-state index contributed by atoms with van der Waals surface area (Å²) in [5.74, 6) is 0. The minimum atomic E-state index is -0.326. The topological polar surface area (TPSA) is 50.5 Å². The number of para-hydroxylation sites is 1. The van der Waals surface area contributed by atoms with Crippen LogP contribution in [0.15, 0.2) is 54.6 Å². The summed E-state index contributed by atoms with van der Waals surface area (Å²) in [6.07, 6.45) is 0.660. The summed E-state index contributed by atoms with van der Waals surface area (Å²) < 4.78 is 2.10. The van der Waals surface area contributed by atoms with Crippen molar-refractivity contribution in [2.45, 2.75) is 23.8 Å². The lowest BCUT2D eigenvalue weighted by Gasteiger charge is -2.26. The molecule has 2 saturated heterocycles. The third-order valence-electron chi connectivity index (χ3n) is 5.09. The lowest BCUT2D eigenvalue weighted by atomic mass is 10.0. The number of aliphatic hydroxyl groups excluding tert-OH is 1. The van der Waals surface area contributed by atoms with Crippen molar-refractivity contribution in [3.63, 3.8) is 0 Å². The average molecular weight is 351 g/mol. The number of β-amino-alcohol motifs (C(OH)–C–C–N with tert-alkyl or cyclic N) is 1. The van der Waals surface area contributed by atoms with Crippen molar-refractivity contribution in [2.24, 2.45) is 0 Å². The van der Waals surface area contributed by atoms with Crippen LogP contribution in [-0.4, -0.2) is 40.5 Å². The van der Waals surface area contributed by atoms with Gasteiger partial charge in [0.25, 0.3) is 0 Å². The molecule has 0 bridgehead atoms. The van der Waals surface area contributed by atoms with Crippen LogP contribution in [0.4, 0.5) is 5.69 Å². The second kappa shape index (κ2) is 6.72. The number of benzene rings is 2. The summed E-state index contributed by atoms with van der Waals surface area (Å²) in [6.45, 7) is 3.35. The molecule has 2 aliphatic heterocycles. The molecule has 0 aromatic heterocycles. The summed E-state index contributed by atoms with van der Waals surface area (Å²) in [4.78, 5) is 2.39. The van der Waals surface area contributed by atoms with Crippen molar-refractivity contribution in [3.8, 4) is 6.07 Å². The minimum Gasteiger partial charge on any atom is -0.390 e. The van der Waals surface area contributed by atoms with Crippen LogP contribution in [0.1, 0.15) is 17.5 Å². The Morgan fingerprint density at radius 1 is 1.20 bits per heavy atom. The first kappa shape index (κ1) is 16.5. The highest BCUT2D eigenvalue weighted by molar-refractivity contribution is 8.02. The SMILES string of the molecule is N#Cc1cccc(CN2CC[C@]3(C2)SN(c2ccccc2)C[C@@H]3O)c1. The van der Waals surface area contributed by atoms with Crippen molar-refractivity contribution in [1.82, 2.24) is 4.90 Å². The van der Waals surface area contributed by atoms with E-state index in [1.54, 1.807) is 11.9 Å². The molecule has 4 rings (SSSR count). The molecule has 2 heterocycles. The number of nitriles is 1. The van der Waals surface area contributed by atoms with Gasteiger partial charge in [0.2, 0.25) is 0 Å². The molecule has 4 nitrogen and oxygen atoms in total. The number of likely N-dealkylation sites (tertiary alicyclic amines) is 1. The highest BCUT2D eigenvalue weighted by Crippen LogP contribution is 2.47. The van der Waals surface area contributed by atoms with Gasteiger partial charge in [-0.3, -0.25) is 4.90 Å². The van der Waals surface area contributed by atoms with Crippen LogP contribution in [0.2, 0.25) is 0 Å². The highest BCUT2D eigenvalue weighted by Gasteiger charge is 2.51. The van der Waals surface area contributed by atoms with E-state index < -0.39 is 0 Å². The van der Waals surface area contributed by atoms with Crippen LogP contribution in [0.25, 0.3) is 0 Å². The molecule has 2 fully saturated rings. The maximum Gasteiger partial charge on any atom is 0.0991 e. The minimum absolute atomic E-state index is 0.122. The molecule has 2 atom stereocenters. The molecule has 2 aromatic rings. The Morgan fingerprint density at radius 3 is 2.84 bits per heavy atom. The molecule has 128 valence electrons. The molecule has 0 unspecified atom stereocenters. The third kappa shape index (κ3) is 3.25. The van der Waals surface area contributed by atoms with E-state index in [1.165, 1.54) is 0 Å². The van der Waals surface area contributed by atoms with E-state index in [1.807, 2.05) is 36.4 Å². The zero-order valence-electron chi connectivity index (χ0n) is 14.0. The number of nitrogens with zero attached hydrogens (tertiary/aromatic N) is 3. The zero-order chi connectivity index (χ0) is 17.3. The molecule has 5 heteroatoms. The van der Waals surface area contributed by atoms with E-state index in [0.29, 0.717) is 12.1 Å². The van der Waals surface area contributed by atoms with Crippen LogP contribution >= 0.6 is 11.9 Å². The van der Waals surface area contributed by atoms with Crippen LogP contribution in [0.5, 0.6) is 0 Å². The Kier molecular flexibility index (Phi) is 4.43. The van der Waals surface area contributed by atoms with Crippen molar-refractivity contribution >= 4 is 17.6 Å². The summed E-state index contributed by atoms with van der Waals surface area (Å²) in [5, 5.41) is 19.8. The Balaban J connectivity index is 1.45. The lowest BCUT2D eigenvalue weighted by molar-refractivity contribution is 0.145. The van der Waals surface area contributed by atoms with Gasteiger partial charge in [-0.25, -0.2) is 0 Å². The van der Waals surface area contributed by atoms with Gasteiger partial charge in [0.1, 0.15) is 0 Å². The fraction of sp³-hybridized carbons (Fsp3) is 0.350. The van der Waals surface area contributed by atoms with Crippen LogP contribution in [-0.2, 0) is 6.54 Å². The summed E-state index contributed by atoms with van der Waals surface area (Å²) in [5.41, 5.74) is 3.02. The number of aliphatic hydroxyl groups is 1. The van der Waals surface area contributed by atoms with Gasteiger partial charge in [0, 0.05) is 25.3 Å². The van der Waals surface area contributed by atoms with Crippen molar-refractivity contribution < 1.29 is 5.11 Å². The number of hydrogen-bond donors (Lipinski definition) is 1. The Morgan fingerprint density at radius 2 is 2.04 bits per heavy atom. The van der Waals surface area contributed by atoms with Crippen LogP contribution in [0.3, 0.4) is 0 Å². The second-order valence-electron chi connectivity index (χ2n) is 6.84. The molecule has 25 heavy (non-hydrogen) atoms. The lowest BCUT2D eigenvalue weighted by Crippen LogP contribution is -2.39. The van der Waals surface area contributed by atoms with Crippen molar-refractivity contribution in [3.05, 3.63) is 65.7 Å². The molecule has 0 amide bonds. The molecular formula is C20H21N3OS. The fourth-order valence-electron chi connectivity index (χ4n) is 3.76. The van der Waals surface area contributed by atoms with Crippen molar-refractivity contribution in [2.75, 3.05) is 23.9 Å². The molecular weight excluding hydrogens is 330 g/mol. The number of anilines is 1. The van der Waals surface area contributed by atoms with E-state index in [2.05, 4.69) is 33.5 Å². The van der Waals surface area contributed by atoms with Crippen molar-refractivity contribution in [1.29, 1.82) is 5.26 Å². The zero-order valence-corrected chi connectivity index (χ0v) is 14.8. The number of hydrogen-bond acceptors (Lipinski definition) is 5. The number of rotatable bonds is 3. The van der Waals surface area contributed by atoms with Crippen LogP contribution in [0, 0.1) is 11.3 Å². The quantitative estimate of drug-likeness (QED) is 0.862. The Hall–Kier alpha value is -2.00.